The zero-order chi connectivity index (χ0) is 24.8. The van der Waals surface area contributed by atoms with Gasteiger partial charge >= 0.3 is 0 Å². The molecule has 0 unspecified atom stereocenters. The number of carbonyl (C=O) groups is 2. The molecule has 1 aliphatic rings. The Morgan fingerprint density at radius 2 is 1.74 bits per heavy atom. The van der Waals surface area contributed by atoms with Crippen LogP contribution in [0, 0.1) is 6.92 Å². The zero-order valence-electron chi connectivity index (χ0n) is 19.8. The number of benzene rings is 3. The van der Waals surface area contributed by atoms with Crippen LogP contribution in [0.3, 0.4) is 0 Å². The molecule has 0 radical (unpaired) electrons. The lowest BCUT2D eigenvalue weighted by Crippen LogP contribution is -2.48. The van der Waals surface area contributed by atoms with Crippen LogP contribution >= 0.6 is 0 Å². The largest absolute Gasteiger partial charge is 0.399 e. The third-order valence-corrected chi connectivity index (χ3v) is 6.15. The number of aliphatic hydroxyl groups is 1. The van der Waals surface area contributed by atoms with Crippen molar-refractivity contribution >= 4 is 17.5 Å². The Morgan fingerprint density at radius 1 is 1.06 bits per heavy atom. The van der Waals surface area contributed by atoms with E-state index in [1.165, 1.54) is 7.11 Å². The summed E-state index contributed by atoms with van der Waals surface area (Å²) in [5, 5.41) is 17.8. The molecule has 180 valence electrons. The van der Waals surface area contributed by atoms with Gasteiger partial charge in [-0.25, -0.2) is 0 Å². The van der Waals surface area contributed by atoms with Gasteiger partial charge < -0.3 is 15.3 Å². The fraction of sp³-hybridized carbons (Fsp3) is 0.250. The number of aryl methyl sites for hydroxylation is 1. The van der Waals surface area contributed by atoms with Gasteiger partial charge in [0.25, 0.3) is 5.91 Å². The second-order valence-corrected chi connectivity index (χ2v) is 8.55. The van der Waals surface area contributed by atoms with Gasteiger partial charge in [0.15, 0.2) is 0 Å². The Labute approximate surface area is 205 Å². The minimum Gasteiger partial charge on any atom is -0.399 e. The minimum atomic E-state index is -1.01. The maximum atomic E-state index is 13.5. The fourth-order valence-corrected chi connectivity index (χ4v) is 4.25. The number of nitrogens with one attached hydrogen (secondary N) is 1. The van der Waals surface area contributed by atoms with Crippen LogP contribution in [0.4, 0.5) is 0 Å². The van der Waals surface area contributed by atoms with Crippen molar-refractivity contribution in [1.29, 1.82) is 0 Å². The normalized spacial score (nSPS) is 17.2. The molecule has 3 aromatic carbocycles. The van der Waals surface area contributed by atoms with Gasteiger partial charge in [-0.15, -0.1) is 0 Å². The summed E-state index contributed by atoms with van der Waals surface area (Å²) in [7, 11) is 1.45. The van der Waals surface area contributed by atoms with Gasteiger partial charge in [0.2, 0.25) is 5.91 Å². The van der Waals surface area contributed by atoms with Crippen LogP contribution in [0.1, 0.15) is 34.0 Å². The van der Waals surface area contributed by atoms with Crippen molar-refractivity contribution in [1.82, 2.24) is 10.2 Å². The molecule has 0 aliphatic carbocycles. The number of aliphatic hydroxyl groups excluding tert-OH is 1. The predicted octanol–water partition coefficient (Wildman–Crippen LogP) is 3.73. The molecule has 0 saturated carbocycles. The topological polar surface area (TPSA) is 91.2 Å². The molecule has 1 heterocycles. The molecule has 7 heteroatoms. The first-order chi connectivity index (χ1) is 17.0. The van der Waals surface area contributed by atoms with Gasteiger partial charge in [-0.2, -0.15) is 0 Å². The summed E-state index contributed by atoms with van der Waals surface area (Å²) in [6, 6.07) is 23.6. The number of oxime groups is 1. The molecule has 2 amide bonds. The van der Waals surface area contributed by atoms with E-state index in [9.17, 15) is 14.7 Å². The number of imide groups is 1. The molecule has 2 atom stereocenters. The van der Waals surface area contributed by atoms with E-state index in [-0.39, 0.29) is 6.54 Å². The number of hydrogen-bond acceptors (Lipinski definition) is 6. The SMILES string of the molecule is CO/N=C1/CN[C@H](C(=O)N(C[C@H](O)c2ccccc2)C(=O)c2ccc(-c3ccccc3C)cc2)C1. The number of hydrogen-bond donors (Lipinski definition) is 2. The zero-order valence-corrected chi connectivity index (χ0v) is 19.8. The van der Waals surface area contributed by atoms with E-state index in [0.717, 1.165) is 21.6 Å². The molecule has 1 fully saturated rings. The van der Waals surface area contributed by atoms with Crippen LogP contribution in [0.25, 0.3) is 11.1 Å². The van der Waals surface area contributed by atoms with Gasteiger partial charge in [0.1, 0.15) is 7.11 Å². The van der Waals surface area contributed by atoms with Gasteiger partial charge in [-0.1, -0.05) is 71.9 Å². The second kappa shape index (κ2) is 11.1. The number of carbonyl (C=O) groups excluding carboxylic acids is 2. The molecule has 1 aliphatic heterocycles. The molecular formula is C28H29N3O4. The minimum absolute atomic E-state index is 0.157. The standard InChI is InChI=1S/C28H29N3O4/c1-19-8-6-7-11-24(19)20-12-14-22(15-13-20)27(33)31(18-26(32)21-9-4-3-5-10-21)28(34)25-16-23(17-29-25)30-35-2/h3-15,25-26,29,32H,16-18H2,1-2H3/b30-23+/t25-,26-/m0/s1. The first-order valence-corrected chi connectivity index (χ1v) is 11.5. The van der Waals surface area contributed by atoms with Gasteiger partial charge in [-0.05, 0) is 41.3 Å². The summed E-state index contributed by atoms with van der Waals surface area (Å²) in [6.45, 7) is 2.28. The highest BCUT2D eigenvalue weighted by Gasteiger charge is 2.35. The first-order valence-electron chi connectivity index (χ1n) is 11.5. The van der Waals surface area contributed by atoms with E-state index in [4.69, 9.17) is 4.84 Å². The van der Waals surface area contributed by atoms with Crippen LogP contribution < -0.4 is 5.32 Å². The van der Waals surface area contributed by atoms with E-state index in [2.05, 4.69) is 10.5 Å². The average molecular weight is 472 g/mol. The van der Waals surface area contributed by atoms with E-state index in [1.807, 2.05) is 61.5 Å². The van der Waals surface area contributed by atoms with Gasteiger partial charge in [-0.3, -0.25) is 14.5 Å². The molecule has 35 heavy (non-hydrogen) atoms. The summed E-state index contributed by atoms with van der Waals surface area (Å²) in [5.41, 5.74) is 4.91. The lowest BCUT2D eigenvalue weighted by Gasteiger charge is -2.26. The van der Waals surface area contributed by atoms with Crippen LogP contribution in [-0.4, -0.2) is 53.8 Å². The molecule has 0 aromatic heterocycles. The molecule has 4 rings (SSSR count). The molecule has 7 nitrogen and oxygen atoms in total. The summed E-state index contributed by atoms with van der Waals surface area (Å²) in [4.78, 5) is 32.9. The monoisotopic (exact) mass is 471 g/mol. The fourth-order valence-electron chi connectivity index (χ4n) is 4.25. The molecule has 0 bridgehead atoms. The van der Waals surface area contributed by atoms with Crippen LogP contribution in [0.5, 0.6) is 0 Å². The van der Waals surface area contributed by atoms with E-state index in [0.29, 0.717) is 29.8 Å². The maximum Gasteiger partial charge on any atom is 0.260 e. The first kappa shape index (κ1) is 24.3. The third kappa shape index (κ3) is 5.65. The number of amides is 2. The Hall–Kier alpha value is -3.81. The van der Waals surface area contributed by atoms with Crippen molar-refractivity contribution in [2.75, 3.05) is 20.2 Å². The maximum absolute atomic E-state index is 13.5. The molecular weight excluding hydrogens is 442 g/mol. The lowest BCUT2D eigenvalue weighted by atomic mass is 9.99. The number of nitrogens with zero attached hydrogens (tertiary/aromatic N) is 2. The third-order valence-electron chi connectivity index (χ3n) is 6.15. The molecule has 3 aromatic rings. The summed E-state index contributed by atoms with van der Waals surface area (Å²) in [5.74, 6) is -0.866. The second-order valence-electron chi connectivity index (χ2n) is 8.55. The van der Waals surface area contributed by atoms with Gasteiger partial charge in [0.05, 0.1) is 24.4 Å². The van der Waals surface area contributed by atoms with E-state index in [1.54, 1.807) is 24.3 Å². The van der Waals surface area contributed by atoms with Gasteiger partial charge in [0, 0.05) is 18.5 Å². The summed E-state index contributed by atoms with van der Waals surface area (Å²) < 4.78 is 0. The number of rotatable bonds is 7. The van der Waals surface area contributed by atoms with E-state index < -0.39 is 24.0 Å². The Bertz CT molecular complexity index is 1210. The molecule has 1 saturated heterocycles. The highest BCUT2D eigenvalue weighted by molar-refractivity contribution is 6.08. The lowest BCUT2D eigenvalue weighted by molar-refractivity contribution is -0.131. The molecule has 0 spiro atoms. The predicted molar refractivity (Wildman–Crippen MR) is 135 cm³/mol. The van der Waals surface area contributed by atoms with E-state index >= 15 is 0 Å². The van der Waals surface area contributed by atoms with Crippen LogP contribution in [-0.2, 0) is 9.63 Å². The van der Waals surface area contributed by atoms with Crippen molar-refractivity contribution in [3.05, 3.63) is 95.6 Å². The van der Waals surface area contributed by atoms with Crippen LogP contribution in [0.2, 0.25) is 0 Å². The Balaban J connectivity index is 1.59. The van der Waals surface area contributed by atoms with Crippen LogP contribution in [0.15, 0.2) is 84.0 Å². The average Bonchev–Trinajstić information content (AvgIpc) is 3.36. The van der Waals surface area contributed by atoms with Crippen molar-refractivity contribution in [3.63, 3.8) is 0 Å². The highest BCUT2D eigenvalue weighted by atomic mass is 16.6. The van der Waals surface area contributed by atoms with Crippen molar-refractivity contribution in [2.45, 2.75) is 25.5 Å². The Morgan fingerprint density at radius 3 is 2.43 bits per heavy atom. The highest BCUT2D eigenvalue weighted by Crippen LogP contribution is 2.24. The van der Waals surface area contributed by atoms with Crippen molar-refractivity contribution in [3.8, 4) is 11.1 Å². The smallest absolute Gasteiger partial charge is 0.260 e. The summed E-state index contributed by atoms with van der Waals surface area (Å²) in [6.07, 6.45) is -0.673. The summed E-state index contributed by atoms with van der Waals surface area (Å²) >= 11 is 0. The molecule has 2 N–H and O–H groups in total. The van der Waals surface area contributed by atoms with Crippen molar-refractivity contribution < 1.29 is 19.5 Å². The Kier molecular flexibility index (Phi) is 7.70. The van der Waals surface area contributed by atoms with Crippen molar-refractivity contribution in [2.24, 2.45) is 5.16 Å². The quantitative estimate of drug-likeness (QED) is 0.405.